The van der Waals surface area contributed by atoms with Gasteiger partial charge in [0.15, 0.2) is 0 Å². The normalized spacial score (nSPS) is 12.1. The molecule has 3 heteroatoms. The molecule has 0 aliphatic rings. The summed E-state index contributed by atoms with van der Waals surface area (Å²) < 4.78 is 5.69. The van der Waals surface area contributed by atoms with E-state index >= 15 is 0 Å². The topological polar surface area (TPSA) is 41.5 Å². The van der Waals surface area contributed by atoms with Gasteiger partial charge >= 0.3 is 0 Å². The van der Waals surface area contributed by atoms with E-state index in [9.17, 15) is 5.11 Å². The van der Waals surface area contributed by atoms with Gasteiger partial charge < -0.3 is 15.2 Å². The van der Waals surface area contributed by atoms with Gasteiger partial charge in [0, 0.05) is 0 Å². The first-order valence-electron chi connectivity index (χ1n) is 7.41. The molecule has 0 saturated carbocycles. The van der Waals surface area contributed by atoms with E-state index in [1.54, 1.807) is 0 Å². The molecule has 2 N–H and O–H groups in total. The highest BCUT2D eigenvalue weighted by molar-refractivity contribution is 5.31. The van der Waals surface area contributed by atoms with Crippen LogP contribution in [0, 0.1) is 0 Å². The van der Waals surface area contributed by atoms with Crippen molar-refractivity contribution in [3.63, 3.8) is 0 Å². The largest absolute Gasteiger partial charge is 0.492 e. The van der Waals surface area contributed by atoms with Crippen LogP contribution >= 0.6 is 0 Å². The summed E-state index contributed by atoms with van der Waals surface area (Å²) in [6, 6.07) is 18.5. The Morgan fingerprint density at radius 2 is 1.67 bits per heavy atom. The first-order chi connectivity index (χ1) is 10.3. The lowest BCUT2D eigenvalue weighted by atomic mass is 10.1. The zero-order valence-electron chi connectivity index (χ0n) is 12.5. The van der Waals surface area contributed by atoms with Crippen LogP contribution in [0.2, 0.25) is 0 Å². The van der Waals surface area contributed by atoms with Gasteiger partial charge in [0.1, 0.15) is 12.4 Å². The fourth-order valence-electron chi connectivity index (χ4n) is 2.20. The van der Waals surface area contributed by atoms with E-state index in [0.29, 0.717) is 6.61 Å². The summed E-state index contributed by atoms with van der Waals surface area (Å²) in [5.41, 5.74) is 2.57. The van der Waals surface area contributed by atoms with Gasteiger partial charge in [0.05, 0.1) is 12.6 Å². The fraction of sp³-hybridized carbons (Fsp3) is 0.333. The molecule has 0 spiro atoms. The number of nitrogens with one attached hydrogen (secondary N) is 1. The quantitative estimate of drug-likeness (QED) is 0.783. The smallest absolute Gasteiger partial charge is 0.119 e. The van der Waals surface area contributed by atoms with Gasteiger partial charge in [-0.25, -0.2) is 0 Å². The van der Waals surface area contributed by atoms with E-state index in [-0.39, 0.29) is 12.6 Å². The predicted molar refractivity (Wildman–Crippen MR) is 85.7 cm³/mol. The van der Waals surface area contributed by atoms with Gasteiger partial charge in [-0.05, 0) is 36.2 Å². The summed E-state index contributed by atoms with van der Waals surface area (Å²) in [7, 11) is 0. The van der Waals surface area contributed by atoms with Crippen molar-refractivity contribution < 1.29 is 9.84 Å². The number of rotatable bonds is 8. The van der Waals surface area contributed by atoms with Gasteiger partial charge in [-0.3, -0.25) is 0 Å². The van der Waals surface area contributed by atoms with Crippen molar-refractivity contribution in [2.45, 2.75) is 19.4 Å². The standard InChI is InChI=1S/C18H23NO2/c1-2-19-17(13-20)14-21-18-10-8-16(9-11-18)12-15-6-4-3-5-7-15/h3-11,17,19-20H,2,12-14H2,1H3. The molecule has 3 nitrogen and oxygen atoms in total. The number of hydrogen-bond acceptors (Lipinski definition) is 3. The molecule has 0 bridgehead atoms. The summed E-state index contributed by atoms with van der Waals surface area (Å²) in [5.74, 6) is 0.836. The van der Waals surface area contributed by atoms with Crippen LogP contribution in [0.5, 0.6) is 5.75 Å². The lowest BCUT2D eigenvalue weighted by Gasteiger charge is -2.16. The lowest BCUT2D eigenvalue weighted by molar-refractivity contribution is 0.184. The third kappa shape index (κ3) is 5.21. The molecule has 0 saturated heterocycles. The van der Waals surface area contributed by atoms with Crippen LogP contribution in [0.3, 0.4) is 0 Å². The van der Waals surface area contributed by atoms with Crippen LogP contribution in [0.15, 0.2) is 54.6 Å². The van der Waals surface area contributed by atoms with Crippen molar-refractivity contribution in [2.75, 3.05) is 19.8 Å². The van der Waals surface area contributed by atoms with Crippen LogP contribution < -0.4 is 10.1 Å². The second-order valence-electron chi connectivity index (χ2n) is 5.05. The third-order valence-corrected chi connectivity index (χ3v) is 3.34. The highest BCUT2D eigenvalue weighted by atomic mass is 16.5. The van der Waals surface area contributed by atoms with E-state index in [2.05, 4.69) is 41.7 Å². The minimum atomic E-state index is -0.0148. The van der Waals surface area contributed by atoms with Crippen molar-refractivity contribution in [3.8, 4) is 5.75 Å². The molecule has 0 heterocycles. The number of aliphatic hydroxyl groups is 1. The second-order valence-corrected chi connectivity index (χ2v) is 5.05. The minimum absolute atomic E-state index is 0.0148. The molecule has 2 aromatic rings. The lowest BCUT2D eigenvalue weighted by Crippen LogP contribution is -2.37. The van der Waals surface area contributed by atoms with E-state index in [1.165, 1.54) is 11.1 Å². The molecule has 0 fully saturated rings. The van der Waals surface area contributed by atoms with Crippen LogP contribution in [0.4, 0.5) is 0 Å². The predicted octanol–water partition coefficient (Wildman–Crippen LogP) is 2.63. The van der Waals surface area contributed by atoms with Crippen molar-refractivity contribution in [2.24, 2.45) is 0 Å². The second kappa shape index (κ2) is 8.45. The van der Waals surface area contributed by atoms with Crippen molar-refractivity contribution in [3.05, 3.63) is 65.7 Å². The van der Waals surface area contributed by atoms with Gasteiger partial charge in [-0.1, -0.05) is 49.4 Å². The van der Waals surface area contributed by atoms with E-state index < -0.39 is 0 Å². The SMILES string of the molecule is CCNC(CO)COc1ccc(Cc2ccccc2)cc1. The van der Waals surface area contributed by atoms with Crippen LogP contribution in [0.1, 0.15) is 18.1 Å². The Bertz CT molecular complexity index is 511. The molecular formula is C18H23NO2. The van der Waals surface area contributed by atoms with Gasteiger partial charge in [-0.2, -0.15) is 0 Å². The van der Waals surface area contributed by atoms with Crippen molar-refractivity contribution >= 4 is 0 Å². The minimum Gasteiger partial charge on any atom is -0.492 e. The summed E-state index contributed by atoms with van der Waals surface area (Å²) >= 11 is 0. The summed E-state index contributed by atoms with van der Waals surface area (Å²) in [5, 5.41) is 12.4. The monoisotopic (exact) mass is 285 g/mol. The molecule has 2 aromatic carbocycles. The maximum absolute atomic E-state index is 9.20. The molecule has 0 aliphatic heterocycles. The third-order valence-electron chi connectivity index (χ3n) is 3.34. The number of hydrogen-bond donors (Lipinski definition) is 2. The maximum Gasteiger partial charge on any atom is 0.119 e. The van der Waals surface area contributed by atoms with Gasteiger partial charge in [-0.15, -0.1) is 0 Å². The highest BCUT2D eigenvalue weighted by Gasteiger charge is 2.06. The molecule has 2 rings (SSSR count). The Kier molecular flexibility index (Phi) is 6.25. The number of aliphatic hydroxyl groups excluding tert-OH is 1. The van der Waals surface area contributed by atoms with Crippen molar-refractivity contribution in [1.82, 2.24) is 5.32 Å². The number of benzene rings is 2. The Labute approximate surface area is 126 Å². The maximum atomic E-state index is 9.20. The zero-order valence-corrected chi connectivity index (χ0v) is 12.5. The van der Waals surface area contributed by atoms with E-state index in [1.807, 2.05) is 25.1 Å². The molecule has 21 heavy (non-hydrogen) atoms. The first-order valence-corrected chi connectivity index (χ1v) is 7.41. The molecular weight excluding hydrogens is 262 g/mol. The Morgan fingerprint density at radius 3 is 2.29 bits per heavy atom. The number of ether oxygens (including phenoxy) is 1. The summed E-state index contributed by atoms with van der Waals surface area (Å²) in [4.78, 5) is 0. The number of likely N-dealkylation sites (N-methyl/N-ethyl adjacent to an activating group) is 1. The molecule has 0 aromatic heterocycles. The van der Waals surface area contributed by atoms with Crippen LogP contribution in [-0.4, -0.2) is 30.9 Å². The van der Waals surface area contributed by atoms with Crippen molar-refractivity contribution in [1.29, 1.82) is 0 Å². The molecule has 0 amide bonds. The Balaban J connectivity index is 1.87. The van der Waals surface area contributed by atoms with E-state index in [0.717, 1.165) is 18.7 Å². The average molecular weight is 285 g/mol. The van der Waals surface area contributed by atoms with Crippen LogP contribution in [0.25, 0.3) is 0 Å². The molecule has 112 valence electrons. The molecule has 0 aliphatic carbocycles. The Morgan fingerprint density at radius 1 is 1.00 bits per heavy atom. The molecule has 1 atom stereocenters. The fourth-order valence-corrected chi connectivity index (χ4v) is 2.20. The van der Waals surface area contributed by atoms with Gasteiger partial charge in [0.25, 0.3) is 0 Å². The summed E-state index contributed by atoms with van der Waals surface area (Å²) in [6.07, 6.45) is 0.928. The first kappa shape index (κ1) is 15.5. The molecule has 0 radical (unpaired) electrons. The van der Waals surface area contributed by atoms with E-state index in [4.69, 9.17) is 4.74 Å². The molecule has 1 unspecified atom stereocenters. The Hall–Kier alpha value is -1.84. The average Bonchev–Trinajstić information content (AvgIpc) is 2.54. The highest BCUT2D eigenvalue weighted by Crippen LogP contribution is 2.15. The van der Waals surface area contributed by atoms with Gasteiger partial charge in [0.2, 0.25) is 0 Å². The summed E-state index contributed by atoms with van der Waals surface area (Å²) in [6.45, 7) is 3.40. The van der Waals surface area contributed by atoms with Crippen LogP contribution in [-0.2, 0) is 6.42 Å². The zero-order chi connectivity index (χ0) is 14.9.